The first-order valence-corrected chi connectivity index (χ1v) is 4.77. The smallest absolute Gasteiger partial charge is 0.0845 e. The first kappa shape index (κ1) is 7.30. The highest BCUT2D eigenvalue weighted by molar-refractivity contribution is 5.02. The van der Waals surface area contributed by atoms with E-state index in [9.17, 15) is 10.2 Å². The van der Waals surface area contributed by atoms with E-state index < -0.39 is 0 Å². The first-order valence-electron chi connectivity index (χ1n) is 4.77. The second kappa shape index (κ2) is 2.22. The van der Waals surface area contributed by atoms with Crippen molar-refractivity contribution >= 4 is 0 Å². The monoisotopic (exact) mass is 170 g/mol. The third-order valence-corrected chi connectivity index (χ3v) is 3.75. The molecule has 2 aliphatic carbocycles. The van der Waals surface area contributed by atoms with Crippen LogP contribution >= 0.6 is 0 Å². The second-order valence-electron chi connectivity index (χ2n) is 4.42. The molecule has 4 rings (SSSR count). The Morgan fingerprint density at radius 2 is 1.33 bits per heavy atom. The van der Waals surface area contributed by atoms with Crippen molar-refractivity contribution in [2.75, 3.05) is 0 Å². The summed E-state index contributed by atoms with van der Waals surface area (Å²) in [5.41, 5.74) is 0. The van der Waals surface area contributed by atoms with Crippen LogP contribution in [-0.4, -0.2) is 34.6 Å². The van der Waals surface area contributed by atoms with Crippen LogP contribution in [0.2, 0.25) is 0 Å². The number of rotatable bonds is 0. The van der Waals surface area contributed by atoms with Crippen LogP contribution < -0.4 is 0 Å². The van der Waals surface area contributed by atoms with Crippen LogP contribution in [-0.2, 0) is 4.74 Å². The first-order chi connectivity index (χ1) is 5.75. The number of hydrogen-bond donors (Lipinski definition) is 2. The Morgan fingerprint density at radius 1 is 0.833 bits per heavy atom. The molecule has 68 valence electrons. The molecule has 0 spiro atoms. The van der Waals surface area contributed by atoms with Crippen LogP contribution in [0.3, 0.4) is 0 Å². The molecule has 2 heterocycles. The van der Waals surface area contributed by atoms with Crippen molar-refractivity contribution < 1.29 is 14.9 Å². The fourth-order valence-corrected chi connectivity index (χ4v) is 3.12. The predicted octanol–water partition coefficient (Wildman–Crippen LogP) is -0.0945. The largest absolute Gasteiger partial charge is 0.390 e. The molecule has 6 atom stereocenters. The van der Waals surface area contributed by atoms with Gasteiger partial charge in [-0.2, -0.15) is 0 Å². The zero-order chi connectivity index (χ0) is 8.29. The molecule has 2 saturated heterocycles. The highest BCUT2D eigenvalue weighted by Gasteiger charge is 2.53. The fourth-order valence-electron chi connectivity index (χ4n) is 3.12. The minimum atomic E-state index is -0.259. The van der Waals surface area contributed by atoms with E-state index in [2.05, 4.69) is 0 Å². The quantitative estimate of drug-likeness (QED) is 0.534. The van der Waals surface area contributed by atoms with Crippen molar-refractivity contribution in [1.82, 2.24) is 0 Å². The fraction of sp³-hybridized carbons (Fsp3) is 1.00. The van der Waals surface area contributed by atoms with E-state index in [-0.39, 0.29) is 24.4 Å². The van der Waals surface area contributed by atoms with E-state index in [0.29, 0.717) is 11.8 Å². The van der Waals surface area contributed by atoms with Gasteiger partial charge in [0.15, 0.2) is 0 Å². The van der Waals surface area contributed by atoms with Crippen LogP contribution in [0.15, 0.2) is 0 Å². The molecule has 0 aromatic heterocycles. The summed E-state index contributed by atoms with van der Waals surface area (Å²) < 4.78 is 5.55. The molecule has 2 N–H and O–H groups in total. The number of aliphatic hydroxyl groups is 2. The van der Waals surface area contributed by atoms with E-state index in [4.69, 9.17) is 4.74 Å². The lowest BCUT2D eigenvalue weighted by molar-refractivity contribution is -0.254. The maximum atomic E-state index is 9.71. The lowest BCUT2D eigenvalue weighted by Gasteiger charge is -2.54. The average Bonchev–Trinajstić information content (AvgIpc) is 2.02. The zero-order valence-corrected chi connectivity index (χ0v) is 6.89. The molecule has 4 bridgehead atoms. The van der Waals surface area contributed by atoms with E-state index in [1.807, 2.05) is 0 Å². The molecule has 4 aliphatic rings. The van der Waals surface area contributed by atoms with Crippen molar-refractivity contribution in [2.24, 2.45) is 11.8 Å². The SMILES string of the molecule is OC1C2CC3CC1OC(C2)C3O. The molecule has 2 saturated carbocycles. The molecule has 12 heavy (non-hydrogen) atoms. The molecule has 3 heteroatoms. The Bertz CT molecular complexity index is 156. The van der Waals surface area contributed by atoms with Gasteiger partial charge in [-0.25, -0.2) is 0 Å². The lowest BCUT2D eigenvalue weighted by atomic mass is 9.64. The molecule has 0 aromatic rings. The van der Waals surface area contributed by atoms with Gasteiger partial charge < -0.3 is 14.9 Å². The molecular formula is C9H14O3. The van der Waals surface area contributed by atoms with E-state index in [1.165, 1.54) is 0 Å². The van der Waals surface area contributed by atoms with Crippen molar-refractivity contribution in [2.45, 2.75) is 43.7 Å². The van der Waals surface area contributed by atoms with Crippen molar-refractivity contribution in [3.8, 4) is 0 Å². The van der Waals surface area contributed by atoms with Gasteiger partial charge >= 0.3 is 0 Å². The summed E-state index contributed by atoms with van der Waals surface area (Å²) in [4.78, 5) is 0. The van der Waals surface area contributed by atoms with Crippen LogP contribution in [0.1, 0.15) is 19.3 Å². The molecule has 0 radical (unpaired) electrons. The van der Waals surface area contributed by atoms with Gasteiger partial charge in [0.05, 0.1) is 24.4 Å². The van der Waals surface area contributed by atoms with Gasteiger partial charge in [0.1, 0.15) is 0 Å². The highest BCUT2D eigenvalue weighted by Crippen LogP contribution is 2.47. The molecular weight excluding hydrogens is 156 g/mol. The van der Waals surface area contributed by atoms with Gasteiger partial charge in [0.2, 0.25) is 0 Å². The Balaban J connectivity index is 1.91. The number of ether oxygens (including phenoxy) is 1. The maximum Gasteiger partial charge on any atom is 0.0845 e. The van der Waals surface area contributed by atoms with E-state index in [0.717, 1.165) is 19.3 Å². The molecule has 3 nitrogen and oxygen atoms in total. The Hall–Kier alpha value is -0.120. The minimum Gasteiger partial charge on any atom is -0.390 e. The molecule has 4 fully saturated rings. The minimum absolute atomic E-state index is 0.0240. The normalized spacial score (nSPS) is 62.5. The Kier molecular flexibility index (Phi) is 1.35. The van der Waals surface area contributed by atoms with Gasteiger partial charge in [-0.1, -0.05) is 0 Å². The van der Waals surface area contributed by atoms with Crippen LogP contribution in [0.25, 0.3) is 0 Å². The topological polar surface area (TPSA) is 49.7 Å². The number of hydrogen-bond acceptors (Lipinski definition) is 3. The number of aliphatic hydroxyl groups excluding tert-OH is 2. The van der Waals surface area contributed by atoms with Gasteiger partial charge in [0, 0.05) is 0 Å². The van der Waals surface area contributed by atoms with Gasteiger partial charge in [-0.15, -0.1) is 0 Å². The Morgan fingerprint density at radius 3 is 1.75 bits per heavy atom. The van der Waals surface area contributed by atoms with E-state index >= 15 is 0 Å². The molecule has 0 aromatic carbocycles. The van der Waals surface area contributed by atoms with E-state index in [1.54, 1.807) is 0 Å². The third kappa shape index (κ3) is 0.767. The van der Waals surface area contributed by atoms with Crippen molar-refractivity contribution in [3.63, 3.8) is 0 Å². The molecule has 2 aliphatic heterocycles. The summed E-state index contributed by atoms with van der Waals surface area (Å²) >= 11 is 0. The lowest BCUT2D eigenvalue weighted by Crippen LogP contribution is -2.61. The predicted molar refractivity (Wildman–Crippen MR) is 41.5 cm³/mol. The standard InChI is InChI=1S/C9H14O3/c10-8-4-1-5-3-7(8)12-6(2-4)9(5)11/h4-11H,1-3H2. The summed E-state index contributed by atoms with van der Waals surface area (Å²) in [5, 5.41) is 19.4. The van der Waals surface area contributed by atoms with Crippen LogP contribution in [0.5, 0.6) is 0 Å². The van der Waals surface area contributed by atoms with Gasteiger partial charge in [-0.3, -0.25) is 0 Å². The highest BCUT2D eigenvalue weighted by atomic mass is 16.5. The molecule has 0 amide bonds. The van der Waals surface area contributed by atoms with Gasteiger partial charge in [-0.05, 0) is 31.1 Å². The summed E-state index contributed by atoms with van der Waals surface area (Å²) in [7, 11) is 0. The van der Waals surface area contributed by atoms with Gasteiger partial charge in [0.25, 0.3) is 0 Å². The second-order valence-corrected chi connectivity index (χ2v) is 4.42. The van der Waals surface area contributed by atoms with Crippen molar-refractivity contribution in [3.05, 3.63) is 0 Å². The summed E-state index contributed by atoms with van der Waals surface area (Å²) in [6, 6.07) is 0. The summed E-state index contributed by atoms with van der Waals surface area (Å²) in [6.45, 7) is 0. The average molecular weight is 170 g/mol. The third-order valence-electron chi connectivity index (χ3n) is 3.75. The van der Waals surface area contributed by atoms with Crippen molar-refractivity contribution in [1.29, 1.82) is 0 Å². The maximum absolute atomic E-state index is 9.71. The van der Waals surface area contributed by atoms with Crippen LogP contribution in [0.4, 0.5) is 0 Å². The summed E-state index contributed by atoms with van der Waals surface area (Å²) in [5.74, 6) is 0.798. The zero-order valence-electron chi connectivity index (χ0n) is 6.89. The molecule has 6 unspecified atom stereocenters. The summed E-state index contributed by atoms with van der Waals surface area (Å²) in [6.07, 6.45) is 2.24. The van der Waals surface area contributed by atoms with Crippen LogP contribution in [0, 0.1) is 11.8 Å². The Labute approximate surface area is 71.3 Å².